The van der Waals surface area contributed by atoms with Gasteiger partial charge < -0.3 is 4.74 Å². The van der Waals surface area contributed by atoms with Gasteiger partial charge in [0.1, 0.15) is 11.6 Å². The van der Waals surface area contributed by atoms with E-state index in [0.717, 1.165) is 22.8 Å². The third-order valence-electron chi connectivity index (χ3n) is 6.49. The minimum Gasteiger partial charge on any atom is -0.453 e. The van der Waals surface area contributed by atoms with Crippen molar-refractivity contribution >= 4 is 17.2 Å². The fraction of sp³-hybridized carbons (Fsp3) is 0.429. The predicted molar refractivity (Wildman–Crippen MR) is 102 cm³/mol. The first-order chi connectivity index (χ1) is 12.5. The zero-order valence-electron chi connectivity index (χ0n) is 15.1. The van der Waals surface area contributed by atoms with E-state index in [2.05, 4.69) is 27.7 Å². The summed E-state index contributed by atoms with van der Waals surface area (Å²) in [5.41, 5.74) is 2.37. The van der Waals surface area contributed by atoms with Gasteiger partial charge in [-0.05, 0) is 68.7 Å². The van der Waals surface area contributed by atoms with Gasteiger partial charge in [-0.25, -0.2) is 0 Å². The summed E-state index contributed by atoms with van der Waals surface area (Å²) in [7, 11) is 0. The standard InChI is InChI=1S/C21H22ClN3O/c1-14-15(22)5-3-6-16(14)26-17-7-4-12-25-18(17)23-24-19(25)21-10-8-20(2,13-21)9-11-21/h3-7,12H,8-11,13H2,1-2H3. The summed E-state index contributed by atoms with van der Waals surface area (Å²) in [5, 5.41) is 9.83. The van der Waals surface area contributed by atoms with E-state index in [1.165, 1.54) is 32.1 Å². The molecule has 2 heterocycles. The molecule has 2 bridgehead atoms. The first-order valence-corrected chi connectivity index (χ1v) is 9.65. The topological polar surface area (TPSA) is 39.4 Å². The van der Waals surface area contributed by atoms with Crippen LogP contribution in [0.25, 0.3) is 5.65 Å². The van der Waals surface area contributed by atoms with Crippen LogP contribution in [-0.4, -0.2) is 14.6 Å². The van der Waals surface area contributed by atoms with Gasteiger partial charge in [0.15, 0.2) is 5.75 Å². The van der Waals surface area contributed by atoms with Crippen molar-refractivity contribution in [2.45, 2.75) is 51.4 Å². The van der Waals surface area contributed by atoms with Crippen molar-refractivity contribution in [1.29, 1.82) is 0 Å². The van der Waals surface area contributed by atoms with Crippen molar-refractivity contribution in [2.75, 3.05) is 0 Å². The van der Waals surface area contributed by atoms with Crippen LogP contribution in [-0.2, 0) is 5.41 Å². The van der Waals surface area contributed by atoms with Crippen LogP contribution in [0.2, 0.25) is 5.02 Å². The maximum absolute atomic E-state index is 6.23. The number of aromatic nitrogens is 3. The first kappa shape index (κ1) is 16.1. The molecule has 0 spiro atoms. The molecule has 2 fully saturated rings. The molecule has 4 nitrogen and oxygen atoms in total. The number of rotatable bonds is 3. The number of ether oxygens (including phenoxy) is 1. The summed E-state index contributed by atoms with van der Waals surface area (Å²) in [6.45, 7) is 4.38. The Bertz CT molecular complexity index is 1000. The fourth-order valence-electron chi connectivity index (χ4n) is 4.95. The maximum atomic E-state index is 6.23. The third-order valence-corrected chi connectivity index (χ3v) is 6.90. The van der Waals surface area contributed by atoms with Gasteiger partial charge in [-0.15, -0.1) is 10.2 Å². The molecule has 3 aromatic rings. The number of fused-ring (bicyclic) bond motifs is 3. The predicted octanol–water partition coefficient (Wildman–Crippen LogP) is 5.71. The Hall–Kier alpha value is -2.07. The van der Waals surface area contributed by atoms with Crippen molar-refractivity contribution in [3.05, 3.63) is 52.9 Å². The molecular formula is C21H22ClN3O. The molecule has 0 atom stereocenters. The summed E-state index contributed by atoms with van der Waals surface area (Å²) in [6.07, 6.45) is 8.29. The second-order valence-corrected chi connectivity index (χ2v) is 8.73. The van der Waals surface area contributed by atoms with Crippen LogP contribution < -0.4 is 4.74 Å². The van der Waals surface area contributed by atoms with Crippen LogP contribution in [0.3, 0.4) is 0 Å². The Labute approximate surface area is 158 Å². The van der Waals surface area contributed by atoms with Gasteiger partial charge in [-0.3, -0.25) is 4.40 Å². The minimum atomic E-state index is 0.179. The highest BCUT2D eigenvalue weighted by Gasteiger charge is 2.54. The van der Waals surface area contributed by atoms with E-state index >= 15 is 0 Å². The molecule has 0 unspecified atom stereocenters. The first-order valence-electron chi connectivity index (χ1n) is 9.27. The number of halogens is 1. The van der Waals surface area contributed by atoms with Gasteiger partial charge in [-0.1, -0.05) is 24.6 Å². The lowest BCUT2D eigenvalue weighted by Crippen LogP contribution is -2.23. The molecular weight excluding hydrogens is 346 g/mol. The Balaban J connectivity index is 1.57. The molecule has 0 amide bonds. The van der Waals surface area contributed by atoms with E-state index in [4.69, 9.17) is 16.3 Å². The SMILES string of the molecule is Cc1c(Cl)cccc1Oc1cccn2c(C34CCC(C)(CC3)C4)nnc12. The van der Waals surface area contributed by atoms with E-state index in [0.29, 0.717) is 16.2 Å². The molecule has 2 aromatic heterocycles. The minimum absolute atomic E-state index is 0.179. The lowest BCUT2D eigenvalue weighted by molar-refractivity contribution is 0.325. The fourth-order valence-corrected chi connectivity index (χ4v) is 5.12. The number of benzene rings is 1. The van der Waals surface area contributed by atoms with Crippen LogP contribution in [0.5, 0.6) is 11.5 Å². The van der Waals surface area contributed by atoms with Gasteiger partial charge in [-0.2, -0.15) is 0 Å². The van der Waals surface area contributed by atoms with Crippen molar-refractivity contribution in [1.82, 2.24) is 14.6 Å². The molecule has 134 valence electrons. The molecule has 0 saturated heterocycles. The molecule has 0 N–H and O–H groups in total. The number of nitrogens with zero attached hydrogens (tertiary/aromatic N) is 3. The Kier molecular flexibility index (Phi) is 3.39. The molecule has 2 aliphatic rings. The lowest BCUT2D eigenvalue weighted by atomic mass is 9.82. The summed E-state index contributed by atoms with van der Waals surface area (Å²) < 4.78 is 8.30. The molecule has 5 heteroatoms. The molecule has 0 radical (unpaired) electrons. The third kappa shape index (κ3) is 2.28. The largest absolute Gasteiger partial charge is 0.453 e. The molecule has 5 rings (SSSR count). The van der Waals surface area contributed by atoms with Crippen LogP contribution in [0, 0.1) is 12.3 Å². The molecule has 0 aliphatic heterocycles. The summed E-state index contributed by atoms with van der Waals surface area (Å²) in [4.78, 5) is 0. The van der Waals surface area contributed by atoms with Gasteiger partial charge in [0, 0.05) is 22.2 Å². The van der Waals surface area contributed by atoms with Crippen molar-refractivity contribution in [3.8, 4) is 11.5 Å². The second-order valence-electron chi connectivity index (χ2n) is 8.32. The zero-order valence-corrected chi connectivity index (χ0v) is 15.9. The van der Waals surface area contributed by atoms with Crippen molar-refractivity contribution in [3.63, 3.8) is 0 Å². The van der Waals surface area contributed by atoms with Gasteiger partial charge in [0.2, 0.25) is 5.65 Å². The molecule has 2 saturated carbocycles. The molecule has 2 aliphatic carbocycles. The van der Waals surface area contributed by atoms with Gasteiger partial charge in [0.25, 0.3) is 0 Å². The van der Waals surface area contributed by atoms with E-state index in [1.807, 2.05) is 37.3 Å². The van der Waals surface area contributed by atoms with Gasteiger partial charge >= 0.3 is 0 Å². The van der Waals surface area contributed by atoms with Crippen LogP contribution in [0.4, 0.5) is 0 Å². The van der Waals surface area contributed by atoms with Crippen LogP contribution >= 0.6 is 11.6 Å². The van der Waals surface area contributed by atoms with E-state index in [-0.39, 0.29) is 5.41 Å². The Morgan fingerprint density at radius 2 is 1.81 bits per heavy atom. The quantitative estimate of drug-likeness (QED) is 0.595. The monoisotopic (exact) mass is 367 g/mol. The van der Waals surface area contributed by atoms with Crippen LogP contribution in [0.15, 0.2) is 36.5 Å². The van der Waals surface area contributed by atoms with Crippen molar-refractivity contribution in [2.24, 2.45) is 5.41 Å². The summed E-state index contributed by atoms with van der Waals surface area (Å²) in [6, 6.07) is 9.65. The lowest BCUT2D eigenvalue weighted by Gasteiger charge is -2.24. The highest BCUT2D eigenvalue weighted by Crippen LogP contribution is 2.61. The Morgan fingerprint density at radius 3 is 2.54 bits per heavy atom. The van der Waals surface area contributed by atoms with Crippen LogP contribution in [0.1, 0.15) is 50.4 Å². The maximum Gasteiger partial charge on any atom is 0.203 e. The highest BCUT2D eigenvalue weighted by atomic mass is 35.5. The summed E-state index contributed by atoms with van der Waals surface area (Å²) in [5.74, 6) is 2.57. The Morgan fingerprint density at radius 1 is 1.04 bits per heavy atom. The average molecular weight is 368 g/mol. The molecule has 26 heavy (non-hydrogen) atoms. The number of hydrogen-bond acceptors (Lipinski definition) is 3. The zero-order chi connectivity index (χ0) is 17.9. The normalized spacial score (nSPS) is 27.3. The van der Waals surface area contributed by atoms with E-state index in [9.17, 15) is 0 Å². The van der Waals surface area contributed by atoms with E-state index in [1.54, 1.807) is 0 Å². The molecule has 1 aromatic carbocycles. The smallest absolute Gasteiger partial charge is 0.203 e. The number of hydrogen-bond donors (Lipinski definition) is 0. The number of pyridine rings is 1. The van der Waals surface area contributed by atoms with E-state index < -0.39 is 0 Å². The highest BCUT2D eigenvalue weighted by molar-refractivity contribution is 6.31. The summed E-state index contributed by atoms with van der Waals surface area (Å²) >= 11 is 6.23. The second kappa shape index (κ2) is 5.46. The van der Waals surface area contributed by atoms with Gasteiger partial charge in [0.05, 0.1) is 0 Å². The average Bonchev–Trinajstić information content (AvgIpc) is 3.30. The van der Waals surface area contributed by atoms with Crippen molar-refractivity contribution < 1.29 is 4.74 Å².